The van der Waals surface area contributed by atoms with Gasteiger partial charge in [0.25, 0.3) is 5.96 Å². The van der Waals surface area contributed by atoms with Gasteiger partial charge in [0.05, 0.1) is 6.54 Å². The van der Waals surface area contributed by atoms with Crippen molar-refractivity contribution < 1.29 is 17.4 Å². The second-order valence-electron chi connectivity index (χ2n) is 2.76. The predicted octanol–water partition coefficient (Wildman–Crippen LogP) is -5.14. The lowest BCUT2D eigenvalue weighted by molar-refractivity contribution is -0.477. The number of rotatable bonds is 2. The molecule has 0 bridgehead atoms. The lowest BCUT2D eigenvalue weighted by Crippen LogP contribution is -3.00. The molecule has 0 aliphatic rings. The molecule has 0 fully saturated rings. The van der Waals surface area contributed by atoms with Crippen LogP contribution in [0.15, 0.2) is 35.3 Å². The van der Waals surface area contributed by atoms with Crippen LogP contribution in [0.3, 0.4) is 0 Å². The number of nitrogens with zero attached hydrogens (tertiary/aromatic N) is 1. The monoisotopic (exact) mass is 227 g/mol. The fraction of sp³-hybridized carbons (Fsp3) is 0.111. The quantitative estimate of drug-likeness (QED) is 0.300. The summed E-state index contributed by atoms with van der Waals surface area (Å²) in [6, 6.07) is 9.82. The Balaban J connectivity index is 0.00000196. The first-order chi connectivity index (χ1) is 6.68. The minimum Gasteiger partial charge on any atom is -1.00 e. The molecular formula is C9H14ClN5. The topological polar surface area (TPSA) is 104 Å². The molecule has 1 rings (SSSR count). The third-order valence-corrected chi connectivity index (χ3v) is 1.57. The average molecular weight is 228 g/mol. The maximum atomic E-state index is 5.48. The fourth-order valence-electron chi connectivity index (χ4n) is 0.967. The third kappa shape index (κ3) is 5.53. The molecule has 0 aliphatic heterocycles. The molecular weight excluding hydrogens is 214 g/mol. The highest BCUT2D eigenvalue weighted by atomic mass is 35.5. The van der Waals surface area contributed by atoms with Crippen LogP contribution in [-0.4, -0.2) is 11.9 Å². The molecule has 0 spiro atoms. The number of aliphatic imine (C=N–C) groups is 1. The summed E-state index contributed by atoms with van der Waals surface area (Å²) < 4.78 is 0. The van der Waals surface area contributed by atoms with Gasteiger partial charge in [0.15, 0.2) is 0 Å². The van der Waals surface area contributed by atoms with Gasteiger partial charge in [-0.3, -0.25) is 10.7 Å². The van der Waals surface area contributed by atoms with Crippen LogP contribution < -0.4 is 34.6 Å². The molecule has 82 valence electrons. The Kier molecular flexibility index (Phi) is 5.89. The minimum absolute atomic E-state index is 0. The molecule has 0 heterocycles. The number of halogens is 1. The van der Waals surface area contributed by atoms with Crippen LogP contribution in [0.4, 0.5) is 0 Å². The van der Waals surface area contributed by atoms with Crippen LogP contribution in [-0.2, 0) is 6.54 Å². The number of nitrogens with two attached hydrogens (primary N) is 3. The molecule has 1 aromatic rings. The van der Waals surface area contributed by atoms with Crippen LogP contribution in [0.2, 0.25) is 0 Å². The highest BCUT2D eigenvalue weighted by Gasteiger charge is 1.97. The van der Waals surface area contributed by atoms with Crippen molar-refractivity contribution in [3.8, 4) is 0 Å². The Morgan fingerprint density at radius 1 is 1.13 bits per heavy atom. The van der Waals surface area contributed by atoms with E-state index in [4.69, 9.17) is 17.2 Å². The van der Waals surface area contributed by atoms with Gasteiger partial charge in [0.1, 0.15) is 0 Å². The van der Waals surface area contributed by atoms with Gasteiger partial charge in [-0.1, -0.05) is 30.3 Å². The molecule has 5 nitrogen and oxygen atoms in total. The SMILES string of the molecule is NC(N)=NC(N)=[NH+]Cc1ccccc1.[Cl-]. The van der Waals surface area contributed by atoms with Gasteiger partial charge in [0, 0.05) is 0 Å². The average Bonchev–Trinajstić information content (AvgIpc) is 2.15. The highest BCUT2D eigenvalue weighted by Crippen LogP contribution is 1.93. The van der Waals surface area contributed by atoms with Crippen molar-refractivity contribution in [1.82, 2.24) is 0 Å². The zero-order valence-electron chi connectivity index (χ0n) is 8.15. The lowest BCUT2D eigenvalue weighted by atomic mass is 10.2. The summed E-state index contributed by atoms with van der Waals surface area (Å²) in [5.41, 5.74) is 16.9. The van der Waals surface area contributed by atoms with E-state index in [1.165, 1.54) is 0 Å². The van der Waals surface area contributed by atoms with Crippen LogP contribution in [0, 0.1) is 0 Å². The van der Waals surface area contributed by atoms with E-state index in [-0.39, 0.29) is 24.3 Å². The van der Waals surface area contributed by atoms with Crippen LogP contribution in [0.1, 0.15) is 5.56 Å². The van der Waals surface area contributed by atoms with Crippen LogP contribution in [0.25, 0.3) is 0 Å². The first-order valence-corrected chi connectivity index (χ1v) is 4.18. The Hall–Kier alpha value is -1.75. The number of nitrogens with one attached hydrogen (secondary N) is 1. The van der Waals surface area contributed by atoms with Crippen molar-refractivity contribution in [2.24, 2.45) is 22.2 Å². The normalized spacial score (nSPS) is 10.3. The van der Waals surface area contributed by atoms with Gasteiger partial charge in [-0.15, -0.1) is 0 Å². The van der Waals surface area contributed by atoms with Crippen molar-refractivity contribution in [1.29, 1.82) is 0 Å². The number of hydrogen-bond acceptors (Lipinski definition) is 0. The van der Waals surface area contributed by atoms with Crippen molar-refractivity contribution in [2.45, 2.75) is 6.54 Å². The molecule has 0 amide bonds. The number of hydrogen-bond donors (Lipinski definition) is 4. The minimum atomic E-state index is -0.0527. The summed E-state index contributed by atoms with van der Waals surface area (Å²) in [5, 5.41) is 0. The molecule has 0 saturated carbocycles. The Morgan fingerprint density at radius 2 is 1.73 bits per heavy atom. The number of guanidine groups is 2. The van der Waals surface area contributed by atoms with Crippen molar-refractivity contribution >= 4 is 11.9 Å². The summed E-state index contributed by atoms with van der Waals surface area (Å²) >= 11 is 0. The van der Waals surface area contributed by atoms with Gasteiger partial charge in [0.2, 0.25) is 0 Å². The first-order valence-electron chi connectivity index (χ1n) is 4.18. The maximum Gasteiger partial charge on any atom is 0.386 e. The van der Waals surface area contributed by atoms with E-state index in [0.717, 1.165) is 5.56 Å². The molecule has 6 heteroatoms. The van der Waals surface area contributed by atoms with Gasteiger partial charge in [-0.25, -0.2) is 0 Å². The van der Waals surface area contributed by atoms with Gasteiger partial charge < -0.3 is 23.9 Å². The van der Waals surface area contributed by atoms with E-state index in [2.05, 4.69) is 9.98 Å². The first kappa shape index (κ1) is 13.2. The van der Waals surface area contributed by atoms with E-state index >= 15 is 0 Å². The summed E-state index contributed by atoms with van der Waals surface area (Å²) in [7, 11) is 0. The third-order valence-electron chi connectivity index (χ3n) is 1.57. The molecule has 0 atom stereocenters. The van der Waals surface area contributed by atoms with E-state index in [9.17, 15) is 0 Å². The predicted molar refractivity (Wildman–Crippen MR) is 56.1 cm³/mol. The zero-order valence-corrected chi connectivity index (χ0v) is 8.91. The van der Waals surface area contributed by atoms with E-state index in [0.29, 0.717) is 6.54 Å². The maximum absolute atomic E-state index is 5.48. The summed E-state index contributed by atoms with van der Waals surface area (Å²) in [4.78, 5) is 6.53. The molecule has 0 aromatic heterocycles. The molecule has 1 aromatic carbocycles. The summed E-state index contributed by atoms with van der Waals surface area (Å²) in [6.45, 7) is 0.601. The van der Waals surface area contributed by atoms with Crippen molar-refractivity contribution in [3.63, 3.8) is 0 Å². The standard InChI is InChI=1S/C9H13N5.ClH/c10-8(11)14-9(12)13-6-7-4-2-1-3-5-7;/h1-5H,6H2,(H6,10,11,12,13,14);1H. The van der Waals surface area contributed by atoms with Crippen LogP contribution in [0.5, 0.6) is 0 Å². The number of benzene rings is 1. The Bertz CT molecular complexity index is 343. The van der Waals surface area contributed by atoms with Crippen LogP contribution >= 0.6 is 0 Å². The van der Waals surface area contributed by atoms with Gasteiger partial charge in [-0.05, 0) is 10.6 Å². The second-order valence-corrected chi connectivity index (χ2v) is 2.76. The molecule has 15 heavy (non-hydrogen) atoms. The molecule has 0 aliphatic carbocycles. The van der Waals surface area contributed by atoms with E-state index in [1.807, 2.05) is 30.3 Å². The molecule has 7 N–H and O–H groups in total. The fourth-order valence-corrected chi connectivity index (χ4v) is 0.967. The Labute approximate surface area is 94.5 Å². The van der Waals surface area contributed by atoms with E-state index < -0.39 is 0 Å². The lowest BCUT2D eigenvalue weighted by Gasteiger charge is -1.93. The van der Waals surface area contributed by atoms with Crippen molar-refractivity contribution in [2.75, 3.05) is 0 Å². The molecule has 0 radical (unpaired) electrons. The summed E-state index contributed by atoms with van der Waals surface area (Å²) in [6.07, 6.45) is 0. The highest BCUT2D eigenvalue weighted by molar-refractivity contribution is 5.89. The smallest absolute Gasteiger partial charge is 0.386 e. The van der Waals surface area contributed by atoms with Gasteiger partial charge >= 0.3 is 5.96 Å². The summed E-state index contributed by atoms with van der Waals surface area (Å²) in [5.74, 6) is 0.164. The second kappa shape index (κ2) is 6.67. The Morgan fingerprint density at radius 3 is 2.27 bits per heavy atom. The zero-order chi connectivity index (χ0) is 10.4. The van der Waals surface area contributed by atoms with Gasteiger partial charge in [-0.2, -0.15) is 0 Å². The molecule has 0 unspecified atom stereocenters. The molecule has 0 saturated heterocycles. The largest absolute Gasteiger partial charge is 1.00 e. The van der Waals surface area contributed by atoms with E-state index in [1.54, 1.807) is 0 Å². The van der Waals surface area contributed by atoms with Crippen molar-refractivity contribution in [3.05, 3.63) is 35.9 Å².